The Balaban J connectivity index is 2.46. The van der Waals surface area contributed by atoms with Crippen LogP contribution in [0.5, 0.6) is 0 Å². The van der Waals surface area contributed by atoms with Crippen LogP contribution in [0.1, 0.15) is 26.7 Å². The molecule has 1 rings (SSSR count). The van der Waals surface area contributed by atoms with Crippen LogP contribution in [0.25, 0.3) is 0 Å². The van der Waals surface area contributed by atoms with Crippen molar-refractivity contribution >= 4 is 11.8 Å². The molecule has 0 aliphatic heterocycles. The van der Waals surface area contributed by atoms with Gasteiger partial charge in [0.2, 0.25) is 5.95 Å². The molecule has 0 unspecified atom stereocenters. The van der Waals surface area contributed by atoms with Crippen molar-refractivity contribution in [2.24, 2.45) is 11.8 Å². The molecule has 0 amide bonds. The average Bonchev–Trinajstić information content (AvgIpc) is 2.26. The number of nitrogens with zero attached hydrogens (tertiary/aromatic N) is 2. The van der Waals surface area contributed by atoms with Crippen LogP contribution in [0.15, 0.2) is 6.20 Å². The Labute approximate surface area is 94.6 Å². The zero-order valence-corrected chi connectivity index (χ0v) is 9.63. The lowest BCUT2D eigenvalue weighted by atomic mass is 10.1. The Morgan fingerprint density at radius 2 is 2.25 bits per heavy atom. The summed E-state index contributed by atoms with van der Waals surface area (Å²) in [6, 6.07) is 0. The van der Waals surface area contributed by atoms with Crippen LogP contribution >= 0.6 is 0 Å². The van der Waals surface area contributed by atoms with Gasteiger partial charge in [-0.3, -0.25) is 5.43 Å². The summed E-state index contributed by atoms with van der Waals surface area (Å²) in [6.07, 6.45) is 3.17. The molecule has 0 saturated carbocycles. The molecule has 5 nitrogen and oxygen atoms in total. The molecule has 0 spiro atoms. The van der Waals surface area contributed by atoms with Gasteiger partial charge in [0.25, 0.3) is 0 Å². The molecule has 4 N–H and O–H groups in total. The van der Waals surface area contributed by atoms with Gasteiger partial charge in [-0.1, -0.05) is 13.8 Å². The molecule has 90 valence electrons. The van der Waals surface area contributed by atoms with Crippen LogP contribution in [-0.2, 0) is 0 Å². The fourth-order valence-corrected chi connectivity index (χ4v) is 1.28. The minimum atomic E-state index is -0.469. The van der Waals surface area contributed by atoms with E-state index in [0.29, 0.717) is 12.5 Å². The lowest BCUT2D eigenvalue weighted by molar-refractivity contribution is 0.564. The number of anilines is 2. The van der Waals surface area contributed by atoms with E-state index in [1.807, 2.05) is 0 Å². The molecule has 0 bridgehead atoms. The van der Waals surface area contributed by atoms with Gasteiger partial charge in [-0.2, -0.15) is 4.98 Å². The molecule has 0 aromatic carbocycles. The Kier molecular flexibility index (Phi) is 4.91. The standard InChI is InChI=1S/C10H18FN5/c1-7(2)4-3-5-13-9-8(11)6-14-10(15-9)16-12/h6-7H,3-5,12H2,1-2H3,(H2,13,14,15,16). The van der Waals surface area contributed by atoms with Crippen molar-refractivity contribution in [3.8, 4) is 0 Å². The van der Waals surface area contributed by atoms with Crippen LogP contribution < -0.4 is 16.6 Å². The zero-order valence-electron chi connectivity index (χ0n) is 9.63. The molecule has 16 heavy (non-hydrogen) atoms. The van der Waals surface area contributed by atoms with Crippen molar-refractivity contribution in [1.82, 2.24) is 9.97 Å². The van der Waals surface area contributed by atoms with Gasteiger partial charge in [-0.05, 0) is 18.8 Å². The number of hydrazine groups is 1. The van der Waals surface area contributed by atoms with E-state index in [0.717, 1.165) is 19.0 Å². The highest BCUT2D eigenvalue weighted by Gasteiger charge is 2.05. The first-order valence-corrected chi connectivity index (χ1v) is 5.36. The highest BCUT2D eigenvalue weighted by molar-refractivity contribution is 5.40. The smallest absolute Gasteiger partial charge is 0.239 e. The molecule has 6 heteroatoms. The molecule has 0 radical (unpaired) electrons. The van der Waals surface area contributed by atoms with Gasteiger partial charge >= 0.3 is 0 Å². The Bertz CT molecular complexity index is 329. The Hall–Kier alpha value is -1.43. The predicted octanol–water partition coefficient (Wildman–Crippen LogP) is 1.75. The summed E-state index contributed by atoms with van der Waals surface area (Å²) in [5.41, 5.74) is 2.27. The van der Waals surface area contributed by atoms with Crippen molar-refractivity contribution in [3.63, 3.8) is 0 Å². The first-order valence-electron chi connectivity index (χ1n) is 5.36. The van der Waals surface area contributed by atoms with Crippen LogP contribution in [0.4, 0.5) is 16.2 Å². The summed E-state index contributed by atoms with van der Waals surface area (Å²) in [6.45, 7) is 5.00. The third kappa shape index (κ3) is 3.98. The zero-order chi connectivity index (χ0) is 12.0. The normalized spacial score (nSPS) is 10.6. The number of halogens is 1. The lowest BCUT2D eigenvalue weighted by Crippen LogP contribution is -2.13. The fourth-order valence-electron chi connectivity index (χ4n) is 1.28. The molecule has 1 aromatic heterocycles. The molecular formula is C10H18FN5. The maximum atomic E-state index is 13.2. The van der Waals surface area contributed by atoms with E-state index < -0.39 is 5.82 Å². The number of rotatable bonds is 6. The molecular weight excluding hydrogens is 209 g/mol. The van der Waals surface area contributed by atoms with E-state index in [2.05, 4.69) is 34.6 Å². The lowest BCUT2D eigenvalue weighted by Gasteiger charge is -2.08. The predicted molar refractivity (Wildman–Crippen MR) is 62.4 cm³/mol. The quantitative estimate of drug-likeness (QED) is 0.392. The van der Waals surface area contributed by atoms with Gasteiger partial charge in [0.05, 0.1) is 6.20 Å². The molecule has 0 fully saturated rings. The minimum absolute atomic E-state index is 0.187. The Morgan fingerprint density at radius 3 is 2.88 bits per heavy atom. The number of hydrogen-bond donors (Lipinski definition) is 3. The summed E-state index contributed by atoms with van der Waals surface area (Å²) < 4.78 is 13.2. The maximum Gasteiger partial charge on any atom is 0.239 e. The third-order valence-electron chi connectivity index (χ3n) is 2.12. The van der Waals surface area contributed by atoms with E-state index in [9.17, 15) is 4.39 Å². The number of nitrogens with one attached hydrogen (secondary N) is 2. The van der Waals surface area contributed by atoms with Gasteiger partial charge in [0.1, 0.15) is 0 Å². The van der Waals surface area contributed by atoms with Gasteiger partial charge in [-0.15, -0.1) is 0 Å². The van der Waals surface area contributed by atoms with Gasteiger partial charge < -0.3 is 5.32 Å². The van der Waals surface area contributed by atoms with Gasteiger partial charge in [0.15, 0.2) is 11.6 Å². The summed E-state index contributed by atoms with van der Waals surface area (Å²) in [4.78, 5) is 7.53. The first kappa shape index (κ1) is 12.6. The van der Waals surface area contributed by atoms with Crippen LogP contribution in [0, 0.1) is 11.7 Å². The van der Waals surface area contributed by atoms with Crippen molar-refractivity contribution < 1.29 is 4.39 Å². The van der Waals surface area contributed by atoms with Crippen molar-refractivity contribution in [2.45, 2.75) is 26.7 Å². The molecule has 1 aromatic rings. The van der Waals surface area contributed by atoms with Crippen molar-refractivity contribution in [3.05, 3.63) is 12.0 Å². The van der Waals surface area contributed by atoms with Gasteiger partial charge in [-0.25, -0.2) is 15.2 Å². The van der Waals surface area contributed by atoms with E-state index in [4.69, 9.17) is 5.84 Å². The topological polar surface area (TPSA) is 75.9 Å². The minimum Gasteiger partial charge on any atom is -0.367 e. The van der Waals surface area contributed by atoms with E-state index in [-0.39, 0.29) is 11.8 Å². The second-order valence-electron chi connectivity index (χ2n) is 4.00. The van der Waals surface area contributed by atoms with Crippen LogP contribution in [-0.4, -0.2) is 16.5 Å². The SMILES string of the molecule is CC(C)CCCNc1nc(NN)ncc1F. The molecule has 0 aliphatic rings. The van der Waals surface area contributed by atoms with E-state index in [1.165, 1.54) is 0 Å². The number of nitrogens with two attached hydrogens (primary N) is 1. The number of aromatic nitrogens is 2. The third-order valence-corrected chi connectivity index (χ3v) is 2.12. The largest absolute Gasteiger partial charge is 0.367 e. The Morgan fingerprint density at radius 1 is 1.50 bits per heavy atom. The van der Waals surface area contributed by atoms with E-state index >= 15 is 0 Å². The average molecular weight is 227 g/mol. The highest BCUT2D eigenvalue weighted by Crippen LogP contribution is 2.11. The second-order valence-corrected chi connectivity index (χ2v) is 4.00. The summed E-state index contributed by atoms with van der Waals surface area (Å²) in [7, 11) is 0. The number of hydrogen-bond acceptors (Lipinski definition) is 5. The summed E-state index contributed by atoms with van der Waals surface area (Å²) >= 11 is 0. The highest BCUT2D eigenvalue weighted by atomic mass is 19.1. The molecule has 1 heterocycles. The summed E-state index contributed by atoms with van der Waals surface area (Å²) in [5, 5.41) is 2.92. The van der Waals surface area contributed by atoms with Crippen LogP contribution in [0.2, 0.25) is 0 Å². The van der Waals surface area contributed by atoms with Crippen molar-refractivity contribution in [1.29, 1.82) is 0 Å². The van der Waals surface area contributed by atoms with Crippen molar-refractivity contribution in [2.75, 3.05) is 17.3 Å². The van der Waals surface area contributed by atoms with E-state index in [1.54, 1.807) is 0 Å². The fraction of sp³-hybridized carbons (Fsp3) is 0.600. The molecule has 0 saturated heterocycles. The first-order chi connectivity index (χ1) is 7.63. The summed E-state index contributed by atoms with van der Waals surface area (Å²) in [5.74, 6) is 5.71. The molecule has 0 aliphatic carbocycles. The second kappa shape index (κ2) is 6.22. The monoisotopic (exact) mass is 227 g/mol. The number of nitrogen functional groups attached to an aromatic ring is 1. The molecule has 0 atom stereocenters. The maximum absolute atomic E-state index is 13.2. The van der Waals surface area contributed by atoms with Gasteiger partial charge in [0, 0.05) is 6.54 Å². The van der Waals surface area contributed by atoms with Crippen LogP contribution in [0.3, 0.4) is 0 Å².